The van der Waals surface area contributed by atoms with Crippen molar-refractivity contribution in [1.29, 1.82) is 0 Å². The summed E-state index contributed by atoms with van der Waals surface area (Å²) in [6.07, 6.45) is -3.85. The van der Waals surface area contributed by atoms with E-state index in [1.807, 2.05) is 36.4 Å². The van der Waals surface area contributed by atoms with Gasteiger partial charge in [0.05, 0.1) is 6.10 Å². The highest BCUT2D eigenvalue weighted by Crippen LogP contribution is 2.24. The SMILES string of the molecule is OC(Cc1ccccc1)C(OCC(F)F)c1ccccc1. The number of hydrogen-bond acceptors (Lipinski definition) is 2. The number of benzene rings is 2. The van der Waals surface area contributed by atoms with E-state index in [2.05, 4.69) is 0 Å². The number of ether oxygens (including phenoxy) is 1. The lowest BCUT2D eigenvalue weighted by atomic mass is 9.98. The largest absolute Gasteiger partial charge is 0.390 e. The molecule has 0 aliphatic carbocycles. The van der Waals surface area contributed by atoms with Gasteiger partial charge in [-0.1, -0.05) is 60.7 Å². The van der Waals surface area contributed by atoms with Crippen LogP contribution >= 0.6 is 0 Å². The topological polar surface area (TPSA) is 29.5 Å². The number of hydrogen-bond donors (Lipinski definition) is 1. The zero-order valence-electron chi connectivity index (χ0n) is 11.5. The third-order valence-corrected chi connectivity index (χ3v) is 3.17. The van der Waals surface area contributed by atoms with Gasteiger partial charge in [0.2, 0.25) is 0 Å². The second-order valence-electron chi connectivity index (χ2n) is 4.81. The fraction of sp³-hybridized carbons (Fsp3) is 0.294. The minimum atomic E-state index is -2.56. The van der Waals surface area contributed by atoms with E-state index in [0.717, 1.165) is 5.56 Å². The molecule has 0 amide bonds. The summed E-state index contributed by atoms with van der Waals surface area (Å²) >= 11 is 0. The Labute approximate surface area is 123 Å². The van der Waals surface area contributed by atoms with Crippen molar-refractivity contribution in [2.45, 2.75) is 25.1 Å². The van der Waals surface area contributed by atoms with Crippen molar-refractivity contribution in [2.24, 2.45) is 0 Å². The Bertz CT molecular complexity index is 517. The zero-order chi connectivity index (χ0) is 15.1. The van der Waals surface area contributed by atoms with Crippen molar-refractivity contribution in [3.8, 4) is 0 Å². The van der Waals surface area contributed by atoms with Crippen molar-refractivity contribution in [2.75, 3.05) is 6.61 Å². The number of aliphatic hydroxyl groups excluding tert-OH is 1. The van der Waals surface area contributed by atoms with E-state index >= 15 is 0 Å². The number of aliphatic hydroxyl groups is 1. The average Bonchev–Trinajstić information content (AvgIpc) is 2.49. The molecule has 2 nitrogen and oxygen atoms in total. The fourth-order valence-electron chi connectivity index (χ4n) is 2.21. The molecule has 0 bridgehead atoms. The molecular weight excluding hydrogens is 274 g/mol. The van der Waals surface area contributed by atoms with Crippen molar-refractivity contribution < 1.29 is 18.6 Å². The predicted molar refractivity (Wildman–Crippen MR) is 77.3 cm³/mol. The maximum atomic E-state index is 12.4. The van der Waals surface area contributed by atoms with Crippen LogP contribution < -0.4 is 0 Å². The molecule has 0 aromatic heterocycles. The Morgan fingerprint density at radius 1 is 0.905 bits per heavy atom. The quantitative estimate of drug-likeness (QED) is 0.844. The van der Waals surface area contributed by atoms with E-state index in [9.17, 15) is 13.9 Å². The third-order valence-electron chi connectivity index (χ3n) is 3.17. The minimum Gasteiger partial charge on any atom is -0.390 e. The number of rotatable bonds is 7. The van der Waals surface area contributed by atoms with E-state index in [0.29, 0.717) is 12.0 Å². The Morgan fingerprint density at radius 2 is 1.48 bits per heavy atom. The molecule has 112 valence electrons. The molecule has 0 spiro atoms. The predicted octanol–water partition coefficient (Wildman–Crippen LogP) is 3.61. The summed E-state index contributed by atoms with van der Waals surface area (Å²) in [6, 6.07) is 18.4. The first kappa shape index (κ1) is 15.6. The van der Waals surface area contributed by atoms with Crippen LogP contribution in [0.5, 0.6) is 0 Å². The second-order valence-corrected chi connectivity index (χ2v) is 4.81. The van der Waals surface area contributed by atoms with Crippen LogP contribution in [0.15, 0.2) is 60.7 Å². The summed E-state index contributed by atoms with van der Waals surface area (Å²) in [4.78, 5) is 0. The molecule has 2 aromatic rings. The lowest BCUT2D eigenvalue weighted by Crippen LogP contribution is -2.25. The molecule has 0 radical (unpaired) electrons. The molecule has 1 N–H and O–H groups in total. The maximum absolute atomic E-state index is 12.4. The minimum absolute atomic E-state index is 0.351. The fourth-order valence-corrected chi connectivity index (χ4v) is 2.21. The van der Waals surface area contributed by atoms with Crippen molar-refractivity contribution in [3.05, 3.63) is 71.8 Å². The van der Waals surface area contributed by atoms with Gasteiger partial charge in [-0.2, -0.15) is 0 Å². The highest BCUT2D eigenvalue weighted by Gasteiger charge is 2.23. The highest BCUT2D eigenvalue weighted by atomic mass is 19.3. The van der Waals surface area contributed by atoms with Gasteiger partial charge in [0, 0.05) is 6.42 Å². The van der Waals surface area contributed by atoms with E-state index in [1.54, 1.807) is 24.3 Å². The van der Waals surface area contributed by atoms with Gasteiger partial charge in [-0.05, 0) is 11.1 Å². The molecule has 21 heavy (non-hydrogen) atoms. The molecule has 0 saturated carbocycles. The Hall–Kier alpha value is -1.78. The molecule has 2 atom stereocenters. The molecule has 0 saturated heterocycles. The van der Waals surface area contributed by atoms with Gasteiger partial charge >= 0.3 is 0 Å². The van der Waals surface area contributed by atoms with Crippen molar-refractivity contribution in [1.82, 2.24) is 0 Å². The lowest BCUT2D eigenvalue weighted by molar-refractivity contribution is -0.0764. The number of alkyl halides is 2. The summed E-state index contributed by atoms with van der Waals surface area (Å²) in [5.41, 5.74) is 1.63. The monoisotopic (exact) mass is 292 g/mol. The van der Waals surface area contributed by atoms with Crippen molar-refractivity contribution in [3.63, 3.8) is 0 Å². The van der Waals surface area contributed by atoms with Gasteiger partial charge in [0.25, 0.3) is 6.43 Å². The Balaban J connectivity index is 2.10. The normalized spacial score (nSPS) is 14.1. The summed E-state index contributed by atoms with van der Waals surface area (Å²) in [5.74, 6) is 0. The van der Waals surface area contributed by atoms with Crippen LogP contribution in [0.4, 0.5) is 8.78 Å². The van der Waals surface area contributed by atoms with Crippen LogP contribution in [0.3, 0.4) is 0 Å². The molecule has 0 aliphatic rings. The van der Waals surface area contributed by atoms with Crippen molar-refractivity contribution >= 4 is 0 Å². The lowest BCUT2D eigenvalue weighted by Gasteiger charge is -2.24. The van der Waals surface area contributed by atoms with E-state index in [4.69, 9.17) is 4.74 Å². The number of halogens is 2. The summed E-state index contributed by atoms with van der Waals surface area (Å²) in [7, 11) is 0. The Morgan fingerprint density at radius 3 is 2.05 bits per heavy atom. The van der Waals surface area contributed by atoms with Gasteiger partial charge < -0.3 is 9.84 Å². The third kappa shape index (κ3) is 4.92. The Kier molecular flexibility index (Phi) is 5.84. The zero-order valence-corrected chi connectivity index (χ0v) is 11.5. The maximum Gasteiger partial charge on any atom is 0.261 e. The first-order valence-electron chi connectivity index (χ1n) is 6.83. The van der Waals surface area contributed by atoms with Crippen LogP contribution in [0.25, 0.3) is 0 Å². The first-order valence-corrected chi connectivity index (χ1v) is 6.83. The van der Waals surface area contributed by atoms with Gasteiger partial charge in [-0.3, -0.25) is 0 Å². The smallest absolute Gasteiger partial charge is 0.261 e. The molecular formula is C17H18F2O2. The molecule has 0 heterocycles. The van der Waals surface area contributed by atoms with E-state index in [-0.39, 0.29) is 0 Å². The summed E-state index contributed by atoms with van der Waals surface area (Å²) in [6.45, 7) is -0.689. The summed E-state index contributed by atoms with van der Waals surface area (Å²) in [5, 5.41) is 10.4. The molecule has 2 aromatic carbocycles. The van der Waals surface area contributed by atoms with E-state index in [1.165, 1.54) is 0 Å². The highest BCUT2D eigenvalue weighted by molar-refractivity contribution is 5.21. The van der Waals surface area contributed by atoms with Crippen LogP contribution in [-0.2, 0) is 11.2 Å². The molecule has 2 rings (SSSR count). The summed E-state index contributed by atoms with van der Waals surface area (Å²) < 4.78 is 30.0. The molecule has 0 fully saturated rings. The molecule has 0 aliphatic heterocycles. The van der Waals surface area contributed by atoms with Crippen LogP contribution in [0.2, 0.25) is 0 Å². The van der Waals surface area contributed by atoms with Gasteiger partial charge in [-0.25, -0.2) is 8.78 Å². The molecule has 4 heteroatoms. The van der Waals surface area contributed by atoms with Gasteiger partial charge in [0.1, 0.15) is 12.7 Å². The second kappa shape index (κ2) is 7.86. The van der Waals surface area contributed by atoms with Gasteiger partial charge in [-0.15, -0.1) is 0 Å². The van der Waals surface area contributed by atoms with E-state index < -0.39 is 25.2 Å². The van der Waals surface area contributed by atoms with Crippen LogP contribution in [0.1, 0.15) is 17.2 Å². The molecule has 2 unspecified atom stereocenters. The standard InChI is InChI=1S/C17H18F2O2/c18-16(19)12-21-17(14-9-5-2-6-10-14)15(20)11-13-7-3-1-4-8-13/h1-10,15-17,20H,11-12H2. The van der Waals surface area contributed by atoms with Crippen LogP contribution in [-0.4, -0.2) is 24.2 Å². The van der Waals surface area contributed by atoms with Gasteiger partial charge in [0.15, 0.2) is 0 Å². The van der Waals surface area contributed by atoms with Crippen LogP contribution in [0, 0.1) is 0 Å². The first-order chi connectivity index (χ1) is 10.2. The average molecular weight is 292 g/mol.